The molecule has 1 saturated heterocycles. The standard InChI is InChI=1S/C16H15N7O/c17-5-1-13(24)20-10-4-8-23(9-10)16-14-11-2-6-18-15(11)22-21-12(14)3-7-19-16/h2-3,6-7,10,19H,1,4,8-9H2,(H,20,24). The van der Waals surface area contributed by atoms with Crippen molar-refractivity contribution in [3.05, 3.63) is 24.5 Å². The van der Waals surface area contributed by atoms with Crippen LogP contribution in [0.15, 0.2) is 24.5 Å². The monoisotopic (exact) mass is 321 g/mol. The lowest BCUT2D eigenvalue weighted by atomic mass is 10.2. The molecule has 0 aromatic carbocycles. The average Bonchev–Trinajstić information content (AvgIpc) is 3.23. The second-order valence-electron chi connectivity index (χ2n) is 5.80. The number of rotatable bonds is 3. The average molecular weight is 321 g/mol. The number of anilines is 1. The first-order valence-corrected chi connectivity index (χ1v) is 7.76. The molecule has 8 heteroatoms. The summed E-state index contributed by atoms with van der Waals surface area (Å²) in [7, 11) is 0. The summed E-state index contributed by atoms with van der Waals surface area (Å²) >= 11 is 0. The van der Waals surface area contributed by atoms with Crippen molar-refractivity contribution in [2.75, 3.05) is 18.0 Å². The topological polar surface area (TPSA) is 111 Å². The van der Waals surface area contributed by atoms with Crippen molar-refractivity contribution in [1.29, 1.82) is 5.26 Å². The van der Waals surface area contributed by atoms with Gasteiger partial charge in [0.25, 0.3) is 0 Å². The Kier molecular flexibility index (Phi) is 3.46. The van der Waals surface area contributed by atoms with Crippen molar-refractivity contribution < 1.29 is 4.79 Å². The van der Waals surface area contributed by atoms with E-state index in [1.54, 1.807) is 6.20 Å². The van der Waals surface area contributed by atoms with Crippen molar-refractivity contribution in [2.24, 2.45) is 0 Å². The summed E-state index contributed by atoms with van der Waals surface area (Å²) in [6, 6.07) is 5.74. The second kappa shape index (κ2) is 5.77. The van der Waals surface area contributed by atoms with Crippen LogP contribution in [0.2, 0.25) is 0 Å². The van der Waals surface area contributed by atoms with E-state index in [-0.39, 0.29) is 18.4 Å². The number of carbonyl (C=O) groups is 1. The first kappa shape index (κ1) is 14.4. The number of amides is 1. The van der Waals surface area contributed by atoms with Crippen molar-refractivity contribution in [1.82, 2.24) is 25.5 Å². The van der Waals surface area contributed by atoms with Gasteiger partial charge in [-0.05, 0) is 18.6 Å². The highest BCUT2D eigenvalue weighted by molar-refractivity contribution is 6.08. The molecule has 8 nitrogen and oxygen atoms in total. The van der Waals surface area contributed by atoms with Gasteiger partial charge in [-0.2, -0.15) is 5.26 Å². The van der Waals surface area contributed by atoms with Crippen LogP contribution in [0.3, 0.4) is 0 Å². The van der Waals surface area contributed by atoms with E-state index in [1.165, 1.54) is 0 Å². The van der Waals surface area contributed by atoms with Crippen LogP contribution < -0.4 is 10.2 Å². The Morgan fingerprint density at radius 3 is 3.25 bits per heavy atom. The molecule has 1 aliphatic heterocycles. The van der Waals surface area contributed by atoms with Crippen LogP contribution in [-0.2, 0) is 4.79 Å². The number of aromatic amines is 1. The van der Waals surface area contributed by atoms with Gasteiger partial charge in [0, 0.05) is 36.9 Å². The van der Waals surface area contributed by atoms with Crippen LogP contribution in [0.4, 0.5) is 5.82 Å². The molecule has 3 aromatic heterocycles. The van der Waals surface area contributed by atoms with Gasteiger partial charge in [-0.15, -0.1) is 10.2 Å². The van der Waals surface area contributed by atoms with E-state index < -0.39 is 0 Å². The fraction of sp³-hybridized carbons (Fsp3) is 0.312. The maximum Gasteiger partial charge on any atom is 0.234 e. The molecule has 0 radical (unpaired) electrons. The van der Waals surface area contributed by atoms with Crippen LogP contribution in [0, 0.1) is 11.3 Å². The molecule has 2 N–H and O–H groups in total. The third-order valence-electron chi connectivity index (χ3n) is 4.26. The van der Waals surface area contributed by atoms with Crippen LogP contribution in [-0.4, -0.2) is 45.2 Å². The second-order valence-corrected chi connectivity index (χ2v) is 5.80. The number of H-pyrrole nitrogens is 1. The molecule has 1 unspecified atom stereocenters. The Bertz CT molecular complexity index is 958. The third-order valence-corrected chi connectivity index (χ3v) is 4.26. The molecule has 120 valence electrons. The van der Waals surface area contributed by atoms with Crippen LogP contribution in [0.5, 0.6) is 0 Å². The minimum Gasteiger partial charge on any atom is -0.355 e. The molecule has 0 bridgehead atoms. The van der Waals surface area contributed by atoms with E-state index >= 15 is 0 Å². The van der Waals surface area contributed by atoms with Crippen molar-refractivity contribution in [3.63, 3.8) is 0 Å². The highest BCUT2D eigenvalue weighted by Crippen LogP contribution is 2.31. The Hall–Kier alpha value is -3.21. The molecule has 24 heavy (non-hydrogen) atoms. The number of aromatic nitrogens is 4. The van der Waals surface area contributed by atoms with E-state index in [4.69, 9.17) is 5.26 Å². The predicted octanol–water partition coefficient (Wildman–Crippen LogP) is 1.11. The maximum atomic E-state index is 11.6. The summed E-state index contributed by atoms with van der Waals surface area (Å²) in [5.41, 5.74) is 1.43. The number of fused-ring (bicyclic) bond motifs is 3. The number of nitrogens with one attached hydrogen (secondary N) is 2. The van der Waals surface area contributed by atoms with Gasteiger partial charge in [0.2, 0.25) is 5.91 Å². The number of nitrogens with zero attached hydrogens (tertiary/aromatic N) is 5. The van der Waals surface area contributed by atoms with Crippen LogP contribution in [0.25, 0.3) is 21.9 Å². The van der Waals surface area contributed by atoms with Crippen LogP contribution in [0.1, 0.15) is 12.8 Å². The molecule has 1 atom stereocenters. The minimum atomic E-state index is -0.222. The molecule has 3 aromatic rings. The van der Waals surface area contributed by atoms with E-state index in [1.807, 2.05) is 24.4 Å². The Labute approximate surface area is 137 Å². The lowest BCUT2D eigenvalue weighted by Crippen LogP contribution is -2.37. The molecule has 4 rings (SSSR count). The SMILES string of the molecule is N#CCC(=O)NC1CCN(c2[nH]ccc3nnc4nccc4c23)C1. The molecule has 1 aliphatic rings. The zero-order valence-electron chi connectivity index (χ0n) is 12.9. The van der Waals surface area contributed by atoms with E-state index in [2.05, 4.69) is 30.4 Å². The lowest BCUT2D eigenvalue weighted by Gasteiger charge is -2.20. The number of hydrogen-bond donors (Lipinski definition) is 2. The number of carbonyl (C=O) groups excluding carboxylic acids is 1. The lowest BCUT2D eigenvalue weighted by molar-refractivity contribution is -0.120. The maximum absolute atomic E-state index is 11.6. The molecule has 1 fully saturated rings. The summed E-state index contributed by atoms with van der Waals surface area (Å²) in [6.45, 7) is 1.50. The highest BCUT2D eigenvalue weighted by atomic mass is 16.1. The summed E-state index contributed by atoms with van der Waals surface area (Å²) in [5.74, 6) is 0.733. The summed E-state index contributed by atoms with van der Waals surface area (Å²) in [4.78, 5) is 21.3. The molecular formula is C16H15N7O. The van der Waals surface area contributed by atoms with Gasteiger partial charge in [0.15, 0.2) is 5.65 Å². The largest absolute Gasteiger partial charge is 0.355 e. The van der Waals surface area contributed by atoms with Gasteiger partial charge < -0.3 is 15.2 Å². The van der Waals surface area contributed by atoms with E-state index in [9.17, 15) is 4.79 Å². The summed E-state index contributed by atoms with van der Waals surface area (Å²) in [6.07, 6.45) is 4.30. The van der Waals surface area contributed by atoms with Crippen molar-refractivity contribution in [3.8, 4) is 6.07 Å². The summed E-state index contributed by atoms with van der Waals surface area (Å²) < 4.78 is 0. The fourth-order valence-electron chi connectivity index (χ4n) is 3.21. The third kappa shape index (κ3) is 2.40. The smallest absolute Gasteiger partial charge is 0.234 e. The van der Waals surface area contributed by atoms with Crippen molar-refractivity contribution in [2.45, 2.75) is 18.9 Å². The van der Waals surface area contributed by atoms with Crippen LogP contribution >= 0.6 is 0 Å². The normalized spacial score (nSPS) is 17.3. The van der Waals surface area contributed by atoms with Gasteiger partial charge in [0.1, 0.15) is 12.2 Å². The number of hydrogen-bond acceptors (Lipinski definition) is 6. The fourth-order valence-corrected chi connectivity index (χ4v) is 3.21. The Balaban J connectivity index is 1.67. The van der Waals surface area contributed by atoms with Gasteiger partial charge in [-0.3, -0.25) is 4.79 Å². The molecule has 0 saturated carbocycles. The zero-order chi connectivity index (χ0) is 16.5. The summed E-state index contributed by atoms with van der Waals surface area (Å²) in [5, 5.41) is 21.8. The molecule has 0 aliphatic carbocycles. The Morgan fingerprint density at radius 2 is 2.38 bits per heavy atom. The first-order valence-electron chi connectivity index (χ1n) is 7.76. The number of nitriles is 1. The van der Waals surface area contributed by atoms with Gasteiger partial charge in [-0.25, -0.2) is 4.98 Å². The van der Waals surface area contributed by atoms with E-state index in [0.717, 1.165) is 35.1 Å². The molecule has 4 heterocycles. The highest BCUT2D eigenvalue weighted by Gasteiger charge is 2.26. The molecule has 0 spiro atoms. The van der Waals surface area contributed by atoms with Gasteiger partial charge in [0.05, 0.1) is 17.0 Å². The molecular weight excluding hydrogens is 306 g/mol. The molecule has 1 amide bonds. The quantitative estimate of drug-likeness (QED) is 0.748. The van der Waals surface area contributed by atoms with Gasteiger partial charge >= 0.3 is 0 Å². The van der Waals surface area contributed by atoms with Crippen molar-refractivity contribution >= 4 is 33.7 Å². The number of pyridine rings is 1. The Morgan fingerprint density at radius 1 is 1.46 bits per heavy atom. The predicted molar refractivity (Wildman–Crippen MR) is 88.2 cm³/mol. The minimum absolute atomic E-state index is 0.0394. The zero-order valence-corrected chi connectivity index (χ0v) is 12.9. The first-order chi connectivity index (χ1) is 11.8. The van der Waals surface area contributed by atoms with Gasteiger partial charge in [-0.1, -0.05) is 0 Å². The van der Waals surface area contributed by atoms with E-state index in [0.29, 0.717) is 12.2 Å².